The first-order chi connectivity index (χ1) is 12.0. The first kappa shape index (κ1) is 18.7. The van der Waals surface area contributed by atoms with E-state index in [4.69, 9.17) is 0 Å². The molecule has 1 aliphatic heterocycles. The van der Waals surface area contributed by atoms with Gasteiger partial charge in [-0.2, -0.15) is 4.31 Å². The summed E-state index contributed by atoms with van der Waals surface area (Å²) in [5.41, 5.74) is 0.643. The van der Waals surface area contributed by atoms with Gasteiger partial charge in [0.25, 0.3) is 0 Å². The van der Waals surface area contributed by atoms with Crippen molar-refractivity contribution >= 4 is 33.4 Å². The Hall–Kier alpha value is -1.05. The van der Waals surface area contributed by atoms with Gasteiger partial charge in [-0.25, -0.2) is 8.42 Å². The molecule has 1 heterocycles. The molecule has 1 amide bonds. The smallest absolute Gasteiger partial charge is 0.243 e. The van der Waals surface area contributed by atoms with Gasteiger partial charge in [0.2, 0.25) is 15.9 Å². The van der Waals surface area contributed by atoms with E-state index in [0.29, 0.717) is 28.9 Å². The van der Waals surface area contributed by atoms with Gasteiger partial charge >= 0.3 is 0 Å². The Bertz CT molecular complexity index is 692. The Morgan fingerprint density at radius 2 is 1.72 bits per heavy atom. The largest absolute Gasteiger partial charge is 0.325 e. The van der Waals surface area contributed by atoms with Gasteiger partial charge in [0.1, 0.15) is 0 Å². The molecule has 2 fully saturated rings. The van der Waals surface area contributed by atoms with E-state index in [9.17, 15) is 13.2 Å². The zero-order chi connectivity index (χ0) is 17.9. The number of anilines is 1. The van der Waals surface area contributed by atoms with Crippen LogP contribution in [0.1, 0.15) is 45.4 Å². The second-order valence-electron chi connectivity index (χ2n) is 6.81. The normalized spacial score (nSPS) is 20.7. The minimum Gasteiger partial charge on any atom is -0.325 e. The molecule has 1 saturated carbocycles. The quantitative estimate of drug-likeness (QED) is 0.818. The fourth-order valence-electron chi connectivity index (χ4n) is 3.41. The molecule has 1 aromatic rings. The van der Waals surface area contributed by atoms with Gasteiger partial charge in [-0.05, 0) is 56.9 Å². The van der Waals surface area contributed by atoms with Crippen molar-refractivity contribution in [1.29, 1.82) is 0 Å². The molecule has 25 heavy (non-hydrogen) atoms. The molecule has 1 saturated heterocycles. The van der Waals surface area contributed by atoms with Crippen LogP contribution in [0.2, 0.25) is 0 Å². The summed E-state index contributed by atoms with van der Waals surface area (Å²) >= 11 is 1.74. The lowest BCUT2D eigenvalue weighted by molar-refractivity contribution is -0.115. The highest BCUT2D eigenvalue weighted by molar-refractivity contribution is 8.01. The summed E-state index contributed by atoms with van der Waals surface area (Å²) in [6, 6.07) is 6.51. The predicted molar refractivity (Wildman–Crippen MR) is 102 cm³/mol. The van der Waals surface area contributed by atoms with Gasteiger partial charge in [-0.1, -0.05) is 12.8 Å². The highest BCUT2D eigenvalue weighted by atomic mass is 32.2. The van der Waals surface area contributed by atoms with E-state index in [1.54, 1.807) is 36.0 Å². The average molecular weight is 383 g/mol. The number of carbonyl (C=O) groups is 1. The summed E-state index contributed by atoms with van der Waals surface area (Å²) < 4.78 is 26.5. The third-order valence-electron chi connectivity index (χ3n) is 4.89. The van der Waals surface area contributed by atoms with Crippen molar-refractivity contribution < 1.29 is 13.2 Å². The number of benzene rings is 1. The Morgan fingerprint density at radius 1 is 1.12 bits per heavy atom. The van der Waals surface area contributed by atoms with Crippen molar-refractivity contribution in [2.75, 3.05) is 18.4 Å². The number of sulfonamides is 1. The van der Waals surface area contributed by atoms with Crippen LogP contribution in [-0.2, 0) is 14.8 Å². The van der Waals surface area contributed by atoms with Crippen LogP contribution in [0.25, 0.3) is 0 Å². The zero-order valence-electron chi connectivity index (χ0n) is 14.6. The predicted octanol–water partition coefficient (Wildman–Crippen LogP) is 3.47. The summed E-state index contributed by atoms with van der Waals surface area (Å²) in [5, 5.41) is 3.39. The monoisotopic (exact) mass is 382 g/mol. The van der Waals surface area contributed by atoms with Crippen LogP contribution in [0, 0.1) is 0 Å². The maximum atomic E-state index is 12.5. The molecule has 5 nitrogen and oxygen atoms in total. The molecule has 0 radical (unpaired) electrons. The summed E-state index contributed by atoms with van der Waals surface area (Å²) in [4.78, 5) is 12.6. The third-order valence-corrected chi connectivity index (χ3v) is 8.28. The molecule has 1 aromatic carbocycles. The maximum Gasteiger partial charge on any atom is 0.243 e. The number of hydrogen-bond acceptors (Lipinski definition) is 4. The summed E-state index contributed by atoms with van der Waals surface area (Å²) in [5.74, 6) is -0.0212. The molecule has 0 spiro atoms. The molecule has 7 heteroatoms. The molecule has 0 unspecified atom stereocenters. The summed E-state index contributed by atoms with van der Waals surface area (Å²) in [6.45, 7) is 3.12. The SMILES string of the molecule is C[C@@H](SC1CCCC1)C(=O)Nc1ccc(S(=O)(=O)N2CCCC2)cc1. The number of nitrogens with one attached hydrogen (secondary N) is 1. The van der Waals surface area contributed by atoms with Crippen LogP contribution >= 0.6 is 11.8 Å². The Kier molecular flexibility index (Phi) is 6.07. The maximum absolute atomic E-state index is 12.5. The Balaban J connectivity index is 1.59. The van der Waals surface area contributed by atoms with Gasteiger partial charge in [-0.3, -0.25) is 4.79 Å². The van der Waals surface area contributed by atoms with Crippen molar-refractivity contribution in [1.82, 2.24) is 4.31 Å². The lowest BCUT2D eigenvalue weighted by Gasteiger charge is -2.17. The molecular formula is C18H26N2O3S2. The van der Waals surface area contributed by atoms with E-state index in [1.165, 1.54) is 30.0 Å². The van der Waals surface area contributed by atoms with Crippen LogP contribution in [0.5, 0.6) is 0 Å². The molecule has 3 rings (SSSR count). The standard InChI is InChI=1S/C18H26N2O3S2/c1-14(24-16-6-2-3-7-16)18(21)19-15-8-10-17(11-9-15)25(22,23)20-12-4-5-13-20/h8-11,14,16H,2-7,12-13H2,1H3,(H,19,21)/t14-/m1/s1. The molecule has 138 valence electrons. The number of amides is 1. The van der Waals surface area contributed by atoms with E-state index < -0.39 is 10.0 Å². The first-order valence-corrected chi connectivity index (χ1v) is 11.4. The minimum atomic E-state index is -3.40. The van der Waals surface area contributed by atoms with Gasteiger partial charge in [-0.15, -0.1) is 11.8 Å². The molecule has 1 N–H and O–H groups in total. The lowest BCUT2D eigenvalue weighted by atomic mass is 10.3. The number of hydrogen-bond donors (Lipinski definition) is 1. The van der Waals surface area contributed by atoms with Crippen LogP contribution in [0.3, 0.4) is 0 Å². The summed E-state index contributed by atoms with van der Waals surface area (Å²) in [6.07, 6.45) is 6.77. The van der Waals surface area contributed by atoms with E-state index >= 15 is 0 Å². The van der Waals surface area contributed by atoms with Crippen molar-refractivity contribution in [3.63, 3.8) is 0 Å². The molecular weight excluding hydrogens is 356 g/mol. The second kappa shape index (κ2) is 8.10. The van der Waals surface area contributed by atoms with Crippen LogP contribution in [0.4, 0.5) is 5.69 Å². The number of thioether (sulfide) groups is 1. The van der Waals surface area contributed by atoms with E-state index in [1.807, 2.05) is 6.92 Å². The van der Waals surface area contributed by atoms with Crippen LogP contribution in [0.15, 0.2) is 29.2 Å². The highest BCUT2D eigenvalue weighted by Gasteiger charge is 2.27. The fourth-order valence-corrected chi connectivity index (χ4v) is 6.29. The van der Waals surface area contributed by atoms with E-state index in [2.05, 4.69) is 5.32 Å². The van der Waals surface area contributed by atoms with Crippen molar-refractivity contribution in [3.8, 4) is 0 Å². The second-order valence-corrected chi connectivity index (χ2v) is 10.4. The van der Waals surface area contributed by atoms with Gasteiger partial charge < -0.3 is 5.32 Å². The highest BCUT2D eigenvalue weighted by Crippen LogP contribution is 2.32. The molecule has 1 atom stereocenters. The first-order valence-electron chi connectivity index (χ1n) is 9.03. The third kappa shape index (κ3) is 4.57. The fraction of sp³-hybridized carbons (Fsp3) is 0.611. The molecule has 1 aliphatic carbocycles. The van der Waals surface area contributed by atoms with Crippen molar-refractivity contribution in [2.45, 2.75) is 60.8 Å². The van der Waals surface area contributed by atoms with E-state index in [0.717, 1.165) is 12.8 Å². The van der Waals surface area contributed by atoms with Crippen LogP contribution in [-0.4, -0.2) is 42.2 Å². The average Bonchev–Trinajstić information content (AvgIpc) is 3.29. The molecule has 2 aliphatic rings. The Morgan fingerprint density at radius 3 is 2.32 bits per heavy atom. The topological polar surface area (TPSA) is 66.5 Å². The van der Waals surface area contributed by atoms with E-state index in [-0.39, 0.29) is 11.2 Å². The van der Waals surface area contributed by atoms with Crippen LogP contribution < -0.4 is 5.32 Å². The number of rotatable bonds is 6. The van der Waals surface area contributed by atoms with Crippen molar-refractivity contribution in [3.05, 3.63) is 24.3 Å². The number of nitrogens with zero attached hydrogens (tertiary/aromatic N) is 1. The minimum absolute atomic E-state index is 0.0212. The summed E-state index contributed by atoms with van der Waals surface area (Å²) in [7, 11) is -3.40. The Labute approximate surface area is 154 Å². The molecule has 0 bridgehead atoms. The zero-order valence-corrected chi connectivity index (χ0v) is 16.2. The van der Waals surface area contributed by atoms with Gasteiger partial charge in [0.05, 0.1) is 10.1 Å². The molecule has 0 aromatic heterocycles. The number of carbonyl (C=O) groups excluding carboxylic acids is 1. The van der Waals surface area contributed by atoms with Crippen molar-refractivity contribution in [2.24, 2.45) is 0 Å². The van der Waals surface area contributed by atoms with Gasteiger partial charge in [0.15, 0.2) is 0 Å². The van der Waals surface area contributed by atoms with Gasteiger partial charge in [0, 0.05) is 24.0 Å². The lowest BCUT2D eigenvalue weighted by Crippen LogP contribution is -2.28.